The normalized spacial score (nSPS) is 12.7. The second-order valence-electron chi connectivity index (χ2n) is 6.37. The Morgan fingerprint density at radius 1 is 1.11 bits per heavy atom. The number of pyridine rings is 1. The largest absolute Gasteiger partial charge is 0.454 e. The van der Waals surface area contributed by atoms with Crippen LogP contribution in [0.3, 0.4) is 0 Å². The summed E-state index contributed by atoms with van der Waals surface area (Å²) in [5.41, 5.74) is 2.81. The molecule has 1 aliphatic rings. The molecule has 0 bridgehead atoms. The van der Waals surface area contributed by atoms with Crippen molar-refractivity contribution in [3.63, 3.8) is 0 Å². The smallest absolute Gasteiger partial charge is 0.231 e. The molecule has 0 atom stereocenters. The predicted molar refractivity (Wildman–Crippen MR) is 102 cm³/mol. The first-order valence-electron chi connectivity index (χ1n) is 8.81. The molecule has 0 saturated heterocycles. The third-order valence-electron chi connectivity index (χ3n) is 4.56. The first-order valence-corrected chi connectivity index (χ1v) is 9.19. The molecule has 0 N–H and O–H groups in total. The summed E-state index contributed by atoms with van der Waals surface area (Å²) in [6, 6.07) is 7.60. The molecule has 0 amide bonds. The van der Waals surface area contributed by atoms with Crippen LogP contribution >= 0.6 is 11.6 Å². The molecule has 27 heavy (non-hydrogen) atoms. The number of benzene rings is 1. The van der Waals surface area contributed by atoms with E-state index in [1.165, 1.54) is 5.56 Å². The number of fused-ring (bicyclic) bond motifs is 1. The lowest BCUT2D eigenvalue weighted by Crippen LogP contribution is -2.22. The molecule has 0 aliphatic carbocycles. The van der Waals surface area contributed by atoms with Crippen LogP contribution in [0.5, 0.6) is 11.5 Å². The van der Waals surface area contributed by atoms with Crippen molar-refractivity contribution in [2.45, 2.75) is 26.9 Å². The number of nitrogens with zero attached hydrogens (tertiary/aromatic N) is 3. The number of hydrogen-bond acceptors (Lipinski definition) is 6. The zero-order valence-corrected chi connectivity index (χ0v) is 16.0. The standard InChI is InChI=1S/C20H20ClN3O3/c1-3-24(10-14-4-6-22-7-5-14)11-17-13(2)27-20(23-17)15-8-18-19(9-16(15)21)26-12-25-18/h4-9H,3,10-12H2,1-2H3. The van der Waals surface area contributed by atoms with Gasteiger partial charge in [-0.05, 0) is 37.2 Å². The number of halogens is 1. The van der Waals surface area contributed by atoms with Crippen molar-refractivity contribution in [1.29, 1.82) is 0 Å². The fourth-order valence-electron chi connectivity index (χ4n) is 3.01. The van der Waals surface area contributed by atoms with E-state index in [1.54, 1.807) is 6.07 Å². The van der Waals surface area contributed by atoms with Gasteiger partial charge in [-0.15, -0.1) is 0 Å². The third kappa shape index (κ3) is 3.77. The van der Waals surface area contributed by atoms with Crippen molar-refractivity contribution >= 4 is 11.6 Å². The molecule has 3 aromatic rings. The van der Waals surface area contributed by atoms with Crippen LogP contribution in [-0.4, -0.2) is 28.2 Å². The van der Waals surface area contributed by atoms with E-state index >= 15 is 0 Å². The van der Waals surface area contributed by atoms with Gasteiger partial charge < -0.3 is 13.9 Å². The van der Waals surface area contributed by atoms with Gasteiger partial charge in [-0.1, -0.05) is 18.5 Å². The zero-order chi connectivity index (χ0) is 18.8. The zero-order valence-electron chi connectivity index (χ0n) is 15.2. The quantitative estimate of drug-likeness (QED) is 0.624. The van der Waals surface area contributed by atoms with Gasteiger partial charge in [-0.25, -0.2) is 4.98 Å². The lowest BCUT2D eigenvalue weighted by atomic mass is 10.2. The Balaban J connectivity index is 1.56. The Kier molecular flexibility index (Phi) is 5.01. The first-order chi connectivity index (χ1) is 13.1. The van der Waals surface area contributed by atoms with Gasteiger partial charge in [0.25, 0.3) is 0 Å². The summed E-state index contributed by atoms with van der Waals surface area (Å²) in [5.74, 6) is 2.57. The van der Waals surface area contributed by atoms with Gasteiger partial charge in [0.05, 0.1) is 16.3 Å². The SMILES string of the molecule is CCN(Cc1ccncc1)Cc1nc(-c2cc3c(cc2Cl)OCO3)oc1C. The molecule has 2 aromatic heterocycles. The number of aryl methyl sites for hydroxylation is 1. The van der Waals surface area contributed by atoms with Crippen molar-refractivity contribution in [2.24, 2.45) is 0 Å². The summed E-state index contributed by atoms with van der Waals surface area (Å²) in [7, 11) is 0. The van der Waals surface area contributed by atoms with Crippen molar-refractivity contribution in [1.82, 2.24) is 14.9 Å². The molecule has 7 heteroatoms. The monoisotopic (exact) mass is 385 g/mol. The van der Waals surface area contributed by atoms with Gasteiger partial charge in [0.2, 0.25) is 12.7 Å². The average molecular weight is 386 g/mol. The number of aromatic nitrogens is 2. The van der Waals surface area contributed by atoms with E-state index in [0.29, 0.717) is 34.5 Å². The predicted octanol–water partition coefficient (Wildman–Crippen LogP) is 4.45. The Morgan fingerprint density at radius 3 is 2.59 bits per heavy atom. The van der Waals surface area contributed by atoms with E-state index in [9.17, 15) is 0 Å². The van der Waals surface area contributed by atoms with Gasteiger partial charge in [0.1, 0.15) is 5.76 Å². The van der Waals surface area contributed by atoms with E-state index < -0.39 is 0 Å². The van der Waals surface area contributed by atoms with E-state index in [-0.39, 0.29) is 6.79 Å². The molecule has 1 aliphatic heterocycles. The number of rotatable bonds is 6. The highest BCUT2D eigenvalue weighted by Crippen LogP contribution is 2.41. The second kappa shape index (κ2) is 7.58. The van der Waals surface area contributed by atoms with Crippen LogP contribution in [0.4, 0.5) is 0 Å². The summed E-state index contributed by atoms with van der Waals surface area (Å²) in [4.78, 5) is 11.1. The van der Waals surface area contributed by atoms with Crippen LogP contribution in [-0.2, 0) is 13.1 Å². The van der Waals surface area contributed by atoms with Crippen LogP contribution < -0.4 is 9.47 Å². The molecule has 140 valence electrons. The maximum Gasteiger partial charge on any atom is 0.231 e. The van der Waals surface area contributed by atoms with Crippen molar-refractivity contribution in [2.75, 3.05) is 13.3 Å². The lowest BCUT2D eigenvalue weighted by molar-refractivity contribution is 0.174. The molecule has 0 saturated carbocycles. The van der Waals surface area contributed by atoms with Crippen LogP contribution in [0.1, 0.15) is 23.9 Å². The highest BCUT2D eigenvalue weighted by Gasteiger charge is 2.21. The van der Waals surface area contributed by atoms with Gasteiger partial charge >= 0.3 is 0 Å². The highest BCUT2D eigenvalue weighted by molar-refractivity contribution is 6.33. The Hall–Kier alpha value is -2.57. The van der Waals surface area contributed by atoms with Crippen molar-refractivity contribution in [3.8, 4) is 23.0 Å². The van der Waals surface area contributed by atoms with Gasteiger partial charge in [-0.3, -0.25) is 9.88 Å². The number of hydrogen-bond donors (Lipinski definition) is 0. The average Bonchev–Trinajstić information content (AvgIpc) is 3.27. The molecule has 6 nitrogen and oxygen atoms in total. The number of ether oxygens (including phenoxy) is 2. The molecule has 3 heterocycles. The Morgan fingerprint density at radius 2 is 1.85 bits per heavy atom. The van der Waals surface area contributed by atoms with Crippen molar-refractivity contribution in [3.05, 3.63) is 58.7 Å². The molecule has 0 spiro atoms. The fraction of sp³-hybridized carbons (Fsp3) is 0.300. The summed E-state index contributed by atoms with van der Waals surface area (Å²) >= 11 is 6.39. The van der Waals surface area contributed by atoms with Gasteiger partial charge in [0, 0.05) is 31.5 Å². The van der Waals surface area contributed by atoms with Gasteiger partial charge in [-0.2, -0.15) is 0 Å². The molecule has 0 radical (unpaired) electrons. The molecule has 0 fully saturated rings. The highest BCUT2D eigenvalue weighted by atomic mass is 35.5. The lowest BCUT2D eigenvalue weighted by Gasteiger charge is -2.19. The number of oxazole rings is 1. The minimum absolute atomic E-state index is 0.200. The second-order valence-corrected chi connectivity index (χ2v) is 6.77. The van der Waals surface area contributed by atoms with Crippen LogP contribution in [0.2, 0.25) is 5.02 Å². The van der Waals surface area contributed by atoms with E-state index in [1.807, 2.05) is 37.5 Å². The minimum atomic E-state index is 0.200. The van der Waals surface area contributed by atoms with Crippen LogP contribution in [0, 0.1) is 6.92 Å². The molecular weight excluding hydrogens is 366 g/mol. The molecule has 4 rings (SSSR count). The van der Waals surface area contributed by atoms with E-state index in [2.05, 4.69) is 16.8 Å². The fourth-order valence-corrected chi connectivity index (χ4v) is 3.24. The Labute approximate surface area is 162 Å². The van der Waals surface area contributed by atoms with E-state index in [4.69, 9.17) is 30.5 Å². The molecule has 0 unspecified atom stereocenters. The Bertz CT molecular complexity index is 943. The molecule has 1 aromatic carbocycles. The van der Waals surface area contributed by atoms with E-state index in [0.717, 1.165) is 24.5 Å². The summed E-state index contributed by atoms with van der Waals surface area (Å²) < 4.78 is 16.7. The summed E-state index contributed by atoms with van der Waals surface area (Å²) in [5, 5.41) is 0.524. The van der Waals surface area contributed by atoms with Crippen molar-refractivity contribution < 1.29 is 13.9 Å². The maximum absolute atomic E-state index is 6.39. The summed E-state index contributed by atoms with van der Waals surface area (Å²) in [6.07, 6.45) is 3.62. The molecular formula is C20H20ClN3O3. The minimum Gasteiger partial charge on any atom is -0.454 e. The summed E-state index contributed by atoms with van der Waals surface area (Å²) in [6.45, 7) is 6.67. The maximum atomic E-state index is 6.39. The van der Waals surface area contributed by atoms with Gasteiger partial charge in [0.15, 0.2) is 11.5 Å². The van der Waals surface area contributed by atoms with Crippen LogP contribution in [0.15, 0.2) is 41.1 Å². The topological polar surface area (TPSA) is 60.6 Å². The third-order valence-corrected chi connectivity index (χ3v) is 4.87. The van der Waals surface area contributed by atoms with Crippen LogP contribution in [0.25, 0.3) is 11.5 Å². The first kappa shape index (κ1) is 17.8.